The zero-order chi connectivity index (χ0) is 52.3. The Hall–Kier alpha value is -4.28. The standard InChI is InChI=1S/C41H66N4O25/c1-8-9-61-38-26(44-18(6)52)34(62-14(2)36(57)58)32(22(12-48)65-38)70-40-25(43-17(5)51)30(56)31(21(11-47)66-40)68-41-27(45-19(7)53)35(63-15(3)37(59)60)33(23(13-49)67-41)69-39-24(42-16(4)50)29(55)28(54)20(10-46)64-39/h8-9,14-15,20-35,38-41,46-49,54-56H,10-13H2,1-7H3,(H,42,50)(H,43,51)(H,44,52)(H,45,53)(H,57,58)(H,59,60)/b9-8+/t14-,15-,20-,21-,22-,23-,24-,25-,26-,27-,28-,29-,30-,31-,32-,33-,34-,35-,38+,39+,40+,41+/m1/s1. The lowest BCUT2D eigenvalue weighted by Crippen LogP contribution is -2.72. The molecule has 29 heteroatoms. The van der Waals surface area contributed by atoms with E-state index in [0.717, 1.165) is 34.6 Å². The van der Waals surface area contributed by atoms with Crippen molar-refractivity contribution in [1.82, 2.24) is 21.3 Å². The predicted octanol–water partition coefficient (Wildman–Crippen LogP) is -6.62. The summed E-state index contributed by atoms with van der Waals surface area (Å²) in [6, 6.07) is -6.32. The molecular weight excluding hydrogens is 948 g/mol. The third-order valence-corrected chi connectivity index (χ3v) is 11.5. The van der Waals surface area contributed by atoms with Crippen molar-refractivity contribution in [1.29, 1.82) is 0 Å². The summed E-state index contributed by atoms with van der Waals surface area (Å²) in [5, 5.41) is 105. The van der Waals surface area contributed by atoms with Crippen LogP contribution in [0.5, 0.6) is 0 Å². The maximum atomic E-state index is 12.9. The van der Waals surface area contributed by atoms with Crippen LogP contribution >= 0.6 is 0 Å². The smallest absolute Gasteiger partial charge is 0.332 e. The van der Waals surface area contributed by atoms with E-state index in [4.69, 9.17) is 47.4 Å². The van der Waals surface area contributed by atoms with Crippen molar-refractivity contribution < 1.29 is 122 Å². The molecule has 0 aliphatic carbocycles. The first kappa shape index (κ1) is 58.3. The molecule has 70 heavy (non-hydrogen) atoms. The lowest BCUT2D eigenvalue weighted by atomic mass is 9.92. The Bertz CT molecular complexity index is 1800. The van der Waals surface area contributed by atoms with Gasteiger partial charge in [-0.15, -0.1) is 0 Å². The molecule has 13 N–H and O–H groups in total. The molecule has 0 radical (unpaired) electrons. The van der Waals surface area contributed by atoms with E-state index >= 15 is 0 Å². The maximum Gasteiger partial charge on any atom is 0.332 e. The van der Waals surface area contributed by atoms with Gasteiger partial charge in [-0.3, -0.25) is 19.2 Å². The number of aliphatic carboxylic acids is 2. The number of rotatable bonds is 22. The first-order chi connectivity index (χ1) is 33.0. The van der Waals surface area contributed by atoms with Gasteiger partial charge < -0.3 is 115 Å². The quantitative estimate of drug-likeness (QED) is 0.0448. The second-order valence-corrected chi connectivity index (χ2v) is 16.8. The number of ether oxygens (including phenoxy) is 10. The number of carbonyl (C=O) groups is 6. The Morgan fingerprint density at radius 2 is 0.814 bits per heavy atom. The Labute approximate surface area is 400 Å². The fourth-order valence-electron chi connectivity index (χ4n) is 8.30. The topological polar surface area (TPSA) is 425 Å². The van der Waals surface area contributed by atoms with Crippen molar-refractivity contribution in [3.63, 3.8) is 0 Å². The highest BCUT2D eigenvalue weighted by Crippen LogP contribution is 2.36. The fraction of sp³-hybridized carbons (Fsp3) is 0.805. The van der Waals surface area contributed by atoms with Crippen molar-refractivity contribution >= 4 is 35.6 Å². The Morgan fingerprint density at radius 1 is 0.486 bits per heavy atom. The van der Waals surface area contributed by atoms with E-state index in [1.807, 2.05) is 0 Å². The molecular formula is C41H66N4O25. The molecule has 4 fully saturated rings. The maximum absolute atomic E-state index is 12.9. The summed E-state index contributed by atoms with van der Waals surface area (Å²) >= 11 is 0. The number of amides is 4. The number of hydrogen-bond acceptors (Lipinski definition) is 23. The largest absolute Gasteiger partial charge is 0.479 e. The van der Waals surface area contributed by atoms with Gasteiger partial charge >= 0.3 is 11.9 Å². The Balaban J connectivity index is 1.77. The van der Waals surface area contributed by atoms with Crippen LogP contribution < -0.4 is 21.3 Å². The molecule has 4 saturated heterocycles. The van der Waals surface area contributed by atoms with Gasteiger partial charge in [-0.25, -0.2) is 9.59 Å². The average Bonchev–Trinajstić information content (AvgIpc) is 3.29. The van der Waals surface area contributed by atoms with Gasteiger partial charge in [0.2, 0.25) is 29.9 Å². The van der Waals surface area contributed by atoms with Crippen molar-refractivity contribution in [2.75, 3.05) is 26.4 Å². The molecule has 0 unspecified atom stereocenters. The molecule has 0 aromatic rings. The number of carbonyl (C=O) groups excluding carboxylic acids is 4. The van der Waals surface area contributed by atoms with Crippen LogP contribution in [0, 0.1) is 0 Å². The molecule has 0 aromatic heterocycles. The summed E-state index contributed by atoms with van der Waals surface area (Å²) in [5.74, 6) is -5.98. The minimum Gasteiger partial charge on any atom is -0.479 e. The molecule has 4 amide bonds. The van der Waals surface area contributed by atoms with Gasteiger partial charge in [0.25, 0.3) is 0 Å². The van der Waals surface area contributed by atoms with E-state index in [0.29, 0.717) is 0 Å². The lowest BCUT2D eigenvalue weighted by Gasteiger charge is -2.52. The minimum atomic E-state index is -2.01. The number of carboxylic acids is 2. The number of allylic oxidation sites excluding steroid dienone is 1. The number of nitrogens with one attached hydrogen (secondary N) is 4. The van der Waals surface area contributed by atoms with Gasteiger partial charge in [0.05, 0.1) is 32.7 Å². The third kappa shape index (κ3) is 14.4. The molecule has 4 heterocycles. The van der Waals surface area contributed by atoms with Gasteiger partial charge in [-0.1, -0.05) is 6.08 Å². The highest BCUT2D eigenvalue weighted by Gasteiger charge is 2.58. The highest BCUT2D eigenvalue weighted by atomic mass is 16.8. The first-order valence-electron chi connectivity index (χ1n) is 22.2. The van der Waals surface area contributed by atoms with Crippen molar-refractivity contribution in [2.45, 2.75) is 183 Å². The van der Waals surface area contributed by atoms with Crippen LogP contribution in [0.3, 0.4) is 0 Å². The molecule has 4 aliphatic rings. The summed E-state index contributed by atoms with van der Waals surface area (Å²) in [5.41, 5.74) is 0. The van der Waals surface area contributed by atoms with Crippen molar-refractivity contribution in [3.8, 4) is 0 Å². The minimum absolute atomic E-state index is 0.652. The summed E-state index contributed by atoms with van der Waals surface area (Å²) in [6.07, 6.45) is -28.0. The fourth-order valence-corrected chi connectivity index (χ4v) is 8.30. The lowest BCUT2D eigenvalue weighted by molar-refractivity contribution is -0.366. The molecule has 0 spiro atoms. The van der Waals surface area contributed by atoms with E-state index < -0.39 is 197 Å². The van der Waals surface area contributed by atoms with E-state index in [9.17, 15) is 74.7 Å². The number of carboxylic acid groups (broad SMARTS) is 2. The summed E-state index contributed by atoms with van der Waals surface area (Å²) < 4.78 is 60.0. The zero-order valence-electron chi connectivity index (χ0n) is 39.2. The van der Waals surface area contributed by atoms with Crippen LogP contribution in [-0.2, 0) is 76.1 Å². The SMILES string of the molecule is C/C=C/O[C@H]1O[C@H](CO)[C@@H](O[C@@H]2O[C@H](CO)[C@@H](O[C@@H]3O[C@H](CO)[C@@H](O[C@@H]4O[C@H](CO)[C@@H](O)[C@H](O)[C@H]4NC(C)=O)[C@H](O[C@H](C)C(=O)O)[C@H]3NC(C)=O)[C@H](O)[C@H]2NC(C)=O)[C@H](O[C@H](C)C(=O)O)[C@H]1NC(C)=O. The van der Waals surface area contributed by atoms with Gasteiger partial charge in [0.1, 0.15) is 97.4 Å². The summed E-state index contributed by atoms with van der Waals surface area (Å²) in [4.78, 5) is 74.7. The van der Waals surface area contributed by atoms with Crippen LogP contribution in [0.25, 0.3) is 0 Å². The van der Waals surface area contributed by atoms with Crippen LogP contribution in [-0.4, -0.2) is 243 Å². The molecule has 400 valence electrons. The summed E-state index contributed by atoms with van der Waals surface area (Å²) in [7, 11) is 0. The van der Waals surface area contributed by atoms with Crippen LogP contribution in [0.4, 0.5) is 0 Å². The molecule has 0 saturated carbocycles. The van der Waals surface area contributed by atoms with E-state index in [1.54, 1.807) is 6.92 Å². The molecule has 0 aromatic carbocycles. The molecule has 0 bridgehead atoms. The number of aliphatic hydroxyl groups excluding tert-OH is 7. The Morgan fingerprint density at radius 3 is 1.20 bits per heavy atom. The second kappa shape index (κ2) is 26.4. The van der Waals surface area contributed by atoms with Gasteiger partial charge in [-0.2, -0.15) is 0 Å². The van der Waals surface area contributed by atoms with Gasteiger partial charge in [-0.05, 0) is 20.8 Å². The predicted molar refractivity (Wildman–Crippen MR) is 226 cm³/mol. The van der Waals surface area contributed by atoms with Crippen LogP contribution in [0.15, 0.2) is 12.3 Å². The normalized spacial score (nSPS) is 38.7. The average molecular weight is 1010 g/mol. The third-order valence-electron chi connectivity index (χ3n) is 11.5. The molecule has 29 nitrogen and oxygen atoms in total. The van der Waals surface area contributed by atoms with E-state index in [2.05, 4.69) is 21.3 Å². The van der Waals surface area contributed by atoms with Crippen LogP contribution in [0.2, 0.25) is 0 Å². The van der Waals surface area contributed by atoms with Gasteiger partial charge in [0, 0.05) is 27.7 Å². The molecule has 22 atom stereocenters. The molecule has 4 rings (SSSR count). The monoisotopic (exact) mass is 1010 g/mol. The Kier molecular flexibility index (Phi) is 22.0. The highest BCUT2D eigenvalue weighted by molar-refractivity contribution is 5.75. The van der Waals surface area contributed by atoms with Crippen molar-refractivity contribution in [3.05, 3.63) is 12.3 Å². The van der Waals surface area contributed by atoms with Gasteiger partial charge in [0.15, 0.2) is 31.1 Å². The summed E-state index contributed by atoms with van der Waals surface area (Å²) in [6.45, 7) is 4.47. The van der Waals surface area contributed by atoms with E-state index in [-0.39, 0.29) is 0 Å². The molecule has 4 aliphatic heterocycles. The van der Waals surface area contributed by atoms with E-state index in [1.165, 1.54) is 19.3 Å². The first-order valence-corrected chi connectivity index (χ1v) is 22.2. The van der Waals surface area contributed by atoms with Crippen molar-refractivity contribution in [2.24, 2.45) is 0 Å². The van der Waals surface area contributed by atoms with Crippen LogP contribution in [0.1, 0.15) is 48.5 Å². The number of aliphatic hydroxyl groups is 7. The number of hydrogen-bond donors (Lipinski definition) is 13. The zero-order valence-corrected chi connectivity index (χ0v) is 39.2. The second-order valence-electron chi connectivity index (χ2n) is 16.8.